The fourth-order valence-corrected chi connectivity index (χ4v) is 1.03. The van der Waals surface area contributed by atoms with Gasteiger partial charge in [-0.15, -0.1) is 0 Å². The monoisotopic (exact) mass is 231 g/mol. The molecule has 0 heterocycles. The number of amides is 1. The number of ether oxygens (including phenoxy) is 1. The van der Waals surface area contributed by atoms with Crippen LogP contribution in [0, 0.1) is 5.92 Å². The summed E-state index contributed by atoms with van der Waals surface area (Å²) in [6.45, 7) is 9.11. The summed E-state index contributed by atoms with van der Waals surface area (Å²) in [6, 6.07) is 0. The van der Waals surface area contributed by atoms with E-state index in [-0.39, 0.29) is 12.5 Å². The van der Waals surface area contributed by atoms with Crippen LogP contribution >= 0.6 is 0 Å². The molecule has 0 aliphatic carbocycles. The Balaban J connectivity index is 4.51. The van der Waals surface area contributed by atoms with Crippen molar-refractivity contribution in [2.75, 3.05) is 13.2 Å². The first kappa shape index (κ1) is 14.7. The van der Waals surface area contributed by atoms with Crippen molar-refractivity contribution >= 4 is 12.1 Å². The molecule has 0 saturated carbocycles. The molecule has 0 radical (unpaired) electrons. The Labute approximate surface area is 96.4 Å². The first-order valence-corrected chi connectivity index (χ1v) is 5.30. The van der Waals surface area contributed by atoms with Crippen LogP contribution in [0.1, 0.15) is 34.6 Å². The normalized spacial score (nSPS) is 11.4. The summed E-state index contributed by atoms with van der Waals surface area (Å²) in [5.74, 6) is -0.813. The van der Waals surface area contributed by atoms with Gasteiger partial charge in [0, 0.05) is 5.54 Å². The van der Waals surface area contributed by atoms with Crippen molar-refractivity contribution in [3.05, 3.63) is 0 Å². The molecule has 0 unspecified atom stereocenters. The summed E-state index contributed by atoms with van der Waals surface area (Å²) in [7, 11) is 0. The van der Waals surface area contributed by atoms with Gasteiger partial charge < -0.3 is 9.84 Å². The van der Waals surface area contributed by atoms with Crippen molar-refractivity contribution in [3.8, 4) is 0 Å². The zero-order chi connectivity index (χ0) is 12.9. The highest BCUT2D eigenvalue weighted by Gasteiger charge is 2.29. The second-order valence-corrected chi connectivity index (χ2v) is 5.12. The topological polar surface area (TPSA) is 66.8 Å². The molecule has 0 aliphatic heterocycles. The van der Waals surface area contributed by atoms with Gasteiger partial charge in [0.1, 0.15) is 6.54 Å². The molecule has 0 fully saturated rings. The predicted molar refractivity (Wildman–Crippen MR) is 60.3 cm³/mol. The standard InChI is InChI=1S/C11H21NO4/c1-8(2)7-16-10(15)12(6-9(13)14)11(3,4)5/h8H,6-7H2,1-5H3,(H,13,14). The predicted octanol–water partition coefficient (Wildman–Crippen LogP) is 1.96. The Morgan fingerprint density at radius 3 is 2.12 bits per heavy atom. The molecular formula is C11H21NO4. The smallest absolute Gasteiger partial charge is 0.410 e. The number of carboxylic acid groups (broad SMARTS) is 1. The molecule has 1 N–H and O–H groups in total. The Bertz CT molecular complexity index is 255. The van der Waals surface area contributed by atoms with Crippen LogP contribution in [0.3, 0.4) is 0 Å². The number of carbonyl (C=O) groups is 2. The largest absolute Gasteiger partial charge is 0.480 e. The maximum absolute atomic E-state index is 11.7. The van der Waals surface area contributed by atoms with Gasteiger partial charge in [-0.1, -0.05) is 13.8 Å². The summed E-state index contributed by atoms with van der Waals surface area (Å²) in [6.07, 6.45) is -0.580. The second-order valence-electron chi connectivity index (χ2n) is 5.12. The van der Waals surface area contributed by atoms with Crippen LogP contribution in [-0.4, -0.2) is 40.8 Å². The van der Waals surface area contributed by atoms with Gasteiger partial charge in [0.2, 0.25) is 0 Å². The van der Waals surface area contributed by atoms with E-state index in [1.165, 1.54) is 4.90 Å². The molecule has 5 heteroatoms. The number of aliphatic carboxylic acids is 1. The van der Waals surface area contributed by atoms with Gasteiger partial charge in [0.05, 0.1) is 6.61 Å². The molecule has 0 aromatic carbocycles. The van der Waals surface area contributed by atoms with Crippen LogP contribution in [0.4, 0.5) is 4.79 Å². The lowest BCUT2D eigenvalue weighted by molar-refractivity contribution is -0.139. The third-order valence-corrected chi connectivity index (χ3v) is 1.86. The van der Waals surface area contributed by atoms with Gasteiger partial charge in [0.15, 0.2) is 0 Å². The van der Waals surface area contributed by atoms with Gasteiger partial charge in [-0.2, -0.15) is 0 Å². The third kappa shape index (κ3) is 5.58. The van der Waals surface area contributed by atoms with Crippen LogP contribution in [0.2, 0.25) is 0 Å². The van der Waals surface area contributed by atoms with Crippen molar-refractivity contribution in [2.45, 2.75) is 40.2 Å². The van der Waals surface area contributed by atoms with Crippen molar-refractivity contribution < 1.29 is 19.4 Å². The van der Waals surface area contributed by atoms with Gasteiger partial charge in [-0.3, -0.25) is 9.69 Å². The highest BCUT2D eigenvalue weighted by Crippen LogP contribution is 2.14. The van der Waals surface area contributed by atoms with Crippen molar-refractivity contribution in [1.29, 1.82) is 0 Å². The van der Waals surface area contributed by atoms with Crippen LogP contribution < -0.4 is 0 Å². The average Bonchev–Trinajstić information content (AvgIpc) is 2.08. The van der Waals surface area contributed by atoms with Gasteiger partial charge in [-0.05, 0) is 26.7 Å². The summed E-state index contributed by atoms with van der Waals surface area (Å²) in [4.78, 5) is 23.5. The Hall–Kier alpha value is -1.26. The molecule has 0 rings (SSSR count). The highest BCUT2D eigenvalue weighted by molar-refractivity contribution is 5.77. The molecule has 16 heavy (non-hydrogen) atoms. The van der Waals surface area contributed by atoms with E-state index < -0.39 is 17.6 Å². The molecule has 5 nitrogen and oxygen atoms in total. The van der Waals surface area contributed by atoms with E-state index in [9.17, 15) is 9.59 Å². The number of carbonyl (C=O) groups excluding carboxylic acids is 1. The van der Waals surface area contributed by atoms with Gasteiger partial charge in [-0.25, -0.2) is 4.79 Å². The quantitative estimate of drug-likeness (QED) is 0.803. The molecule has 0 aromatic rings. The molecule has 0 atom stereocenters. The van der Waals surface area contributed by atoms with Crippen molar-refractivity contribution in [3.63, 3.8) is 0 Å². The number of rotatable bonds is 4. The van der Waals surface area contributed by atoms with E-state index in [2.05, 4.69) is 0 Å². The Morgan fingerprint density at radius 1 is 1.31 bits per heavy atom. The lowest BCUT2D eigenvalue weighted by atomic mass is 10.1. The van der Waals surface area contributed by atoms with Crippen LogP contribution in [0.5, 0.6) is 0 Å². The molecule has 0 aromatic heterocycles. The average molecular weight is 231 g/mol. The third-order valence-electron chi connectivity index (χ3n) is 1.86. The second kappa shape index (κ2) is 5.72. The molecular weight excluding hydrogens is 210 g/mol. The first-order chi connectivity index (χ1) is 7.14. The molecule has 0 bridgehead atoms. The van der Waals surface area contributed by atoms with Crippen molar-refractivity contribution in [2.24, 2.45) is 5.92 Å². The lowest BCUT2D eigenvalue weighted by Crippen LogP contribution is -2.48. The maximum Gasteiger partial charge on any atom is 0.410 e. The minimum Gasteiger partial charge on any atom is -0.480 e. The van der Waals surface area contributed by atoms with Crippen LogP contribution in [-0.2, 0) is 9.53 Å². The Kier molecular flexibility index (Phi) is 5.27. The van der Waals surface area contributed by atoms with E-state index in [4.69, 9.17) is 9.84 Å². The SMILES string of the molecule is CC(C)COC(=O)N(CC(=O)O)C(C)(C)C. The van der Waals surface area contributed by atoms with E-state index >= 15 is 0 Å². The zero-order valence-electron chi connectivity index (χ0n) is 10.6. The fourth-order valence-electron chi connectivity index (χ4n) is 1.03. The minimum atomic E-state index is -1.04. The molecule has 0 aliphatic rings. The highest BCUT2D eigenvalue weighted by atomic mass is 16.6. The molecule has 0 spiro atoms. The zero-order valence-corrected chi connectivity index (χ0v) is 10.6. The van der Waals surface area contributed by atoms with Crippen LogP contribution in [0.25, 0.3) is 0 Å². The lowest BCUT2D eigenvalue weighted by Gasteiger charge is -2.33. The van der Waals surface area contributed by atoms with Crippen molar-refractivity contribution in [1.82, 2.24) is 4.90 Å². The Morgan fingerprint density at radius 2 is 1.81 bits per heavy atom. The van der Waals surface area contributed by atoms with E-state index in [1.807, 2.05) is 13.8 Å². The summed E-state index contributed by atoms with van der Waals surface area (Å²) >= 11 is 0. The molecule has 0 saturated heterocycles. The number of nitrogens with zero attached hydrogens (tertiary/aromatic N) is 1. The van der Waals surface area contributed by atoms with E-state index in [1.54, 1.807) is 20.8 Å². The number of hydrogen-bond acceptors (Lipinski definition) is 3. The first-order valence-electron chi connectivity index (χ1n) is 5.30. The summed E-state index contributed by atoms with van der Waals surface area (Å²) in [5, 5.41) is 8.72. The van der Waals surface area contributed by atoms with E-state index in [0.717, 1.165) is 0 Å². The summed E-state index contributed by atoms with van der Waals surface area (Å²) < 4.78 is 5.02. The fraction of sp³-hybridized carbons (Fsp3) is 0.818. The molecule has 94 valence electrons. The van der Waals surface area contributed by atoms with Crippen LogP contribution in [0.15, 0.2) is 0 Å². The minimum absolute atomic E-state index is 0.232. The number of hydrogen-bond donors (Lipinski definition) is 1. The number of carboxylic acids is 1. The maximum atomic E-state index is 11.7. The van der Waals surface area contributed by atoms with Gasteiger partial charge in [0.25, 0.3) is 0 Å². The summed E-state index contributed by atoms with van der Waals surface area (Å²) in [5.41, 5.74) is -0.563. The molecule has 1 amide bonds. The van der Waals surface area contributed by atoms with E-state index in [0.29, 0.717) is 6.61 Å². The van der Waals surface area contributed by atoms with Gasteiger partial charge >= 0.3 is 12.1 Å².